The average Bonchev–Trinajstić information content (AvgIpc) is 2.96. The summed E-state index contributed by atoms with van der Waals surface area (Å²) >= 11 is 0. The summed E-state index contributed by atoms with van der Waals surface area (Å²) in [6.07, 6.45) is 2.75. The fourth-order valence-corrected chi connectivity index (χ4v) is 3.05. The van der Waals surface area contributed by atoms with Crippen LogP contribution in [-0.2, 0) is 4.79 Å². The largest absolute Gasteiger partial charge is 0.316 e. The topological polar surface area (TPSA) is 56.1 Å². The summed E-state index contributed by atoms with van der Waals surface area (Å²) in [5, 5.41) is 12.5. The van der Waals surface area contributed by atoms with E-state index >= 15 is 0 Å². The minimum Gasteiger partial charge on any atom is -0.316 e. The Morgan fingerprint density at radius 2 is 2.25 bits per heavy atom. The minimum absolute atomic E-state index is 0.118. The number of carbonyl (C=O) groups is 1. The molecule has 1 aliphatic heterocycles. The zero-order valence-electron chi connectivity index (χ0n) is 12.1. The number of carbonyl (C=O) groups excluding carboxylic acids is 1. The zero-order chi connectivity index (χ0) is 14.6. The highest BCUT2D eigenvalue weighted by Gasteiger charge is 2.42. The Morgan fingerprint density at radius 1 is 1.50 bits per heavy atom. The van der Waals surface area contributed by atoms with Gasteiger partial charge in [0.2, 0.25) is 5.91 Å². The van der Waals surface area contributed by atoms with Crippen molar-refractivity contribution in [3.05, 3.63) is 29.8 Å². The van der Waals surface area contributed by atoms with Gasteiger partial charge in [0, 0.05) is 13.6 Å². The van der Waals surface area contributed by atoms with Crippen molar-refractivity contribution in [2.24, 2.45) is 5.41 Å². The third-order valence-corrected chi connectivity index (χ3v) is 4.12. The molecule has 1 aromatic carbocycles. The molecule has 106 valence electrons. The maximum atomic E-state index is 12.9. The number of rotatable bonds is 4. The Morgan fingerprint density at radius 3 is 2.85 bits per heavy atom. The predicted octanol–water partition coefficient (Wildman–Crippen LogP) is 2.30. The van der Waals surface area contributed by atoms with Crippen LogP contribution in [0.25, 0.3) is 0 Å². The molecule has 1 saturated heterocycles. The number of amides is 1. The monoisotopic (exact) mass is 271 g/mol. The molecule has 4 heteroatoms. The van der Waals surface area contributed by atoms with Crippen LogP contribution in [0, 0.1) is 16.7 Å². The molecule has 0 aromatic heterocycles. The Labute approximate surface area is 120 Å². The summed E-state index contributed by atoms with van der Waals surface area (Å²) in [6, 6.07) is 9.42. The third kappa shape index (κ3) is 2.54. The van der Waals surface area contributed by atoms with E-state index in [-0.39, 0.29) is 11.3 Å². The summed E-state index contributed by atoms with van der Waals surface area (Å²) in [7, 11) is 1.77. The lowest BCUT2D eigenvalue weighted by Gasteiger charge is -2.32. The van der Waals surface area contributed by atoms with Gasteiger partial charge in [-0.15, -0.1) is 0 Å². The SMILES string of the molecule is CCCC1(C(=O)N(C)c2ccccc2C#N)CCNC1. The standard InChI is InChI=1S/C16H21N3O/c1-3-8-16(9-10-18-12-16)15(20)19(2)14-7-5-4-6-13(14)11-17/h4-7,18H,3,8-10,12H2,1-2H3. The van der Waals surface area contributed by atoms with Crippen molar-refractivity contribution in [3.63, 3.8) is 0 Å². The molecular weight excluding hydrogens is 250 g/mol. The lowest BCUT2D eigenvalue weighted by atomic mass is 9.81. The second kappa shape index (κ2) is 6.06. The normalized spacial score (nSPS) is 21.4. The van der Waals surface area contributed by atoms with E-state index < -0.39 is 0 Å². The second-order valence-electron chi connectivity index (χ2n) is 5.45. The quantitative estimate of drug-likeness (QED) is 0.914. The van der Waals surface area contributed by atoms with Gasteiger partial charge in [-0.3, -0.25) is 4.79 Å². The van der Waals surface area contributed by atoms with Crippen LogP contribution in [0.15, 0.2) is 24.3 Å². The van der Waals surface area contributed by atoms with E-state index in [2.05, 4.69) is 18.3 Å². The van der Waals surface area contributed by atoms with E-state index in [0.717, 1.165) is 32.4 Å². The summed E-state index contributed by atoms with van der Waals surface area (Å²) in [6.45, 7) is 3.73. The summed E-state index contributed by atoms with van der Waals surface area (Å²) < 4.78 is 0. The van der Waals surface area contributed by atoms with E-state index in [9.17, 15) is 10.1 Å². The third-order valence-electron chi connectivity index (χ3n) is 4.12. The number of nitrogens with zero attached hydrogens (tertiary/aromatic N) is 2. The molecule has 0 radical (unpaired) electrons. The fourth-order valence-electron chi connectivity index (χ4n) is 3.05. The van der Waals surface area contributed by atoms with Crippen molar-refractivity contribution < 1.29 is 4.79 Å². The molecule has 0 bridgehead atoms. The maximum Gasteiger partial charge on any atom is 0.234 e. The summed E-state index contributed by atoms with van der Waals surface area (Å²) in [4.78, 5) is 14.6. The molecule has 20 heavy (non-hydrogen) atoms. The highest BCUT2D eigenvalue weighted by Crippen LogP contribution is 2.35. The van der Waals surface area contributed by atoms with Gasteiger partial charge in [0.25, 0.3) is 0 Å². The van der Waals surface area contributed by atoms with Gasteiger partial charge in [-0.2, -0.15) is 5.26 Å². The first-order valence-electron chi connectivity index (χ1n) is 7.12. The van der Waals surface area contributed by atoms with Gasteiger partial charge in [0.15, 0.2) is 0 Å². The van der Waals surface area contributed by atoms with Crippen LogP contribution in [0.2, 0.25) is 0 Å². The number of para-hydroxylation sites is 1. The van der Waals surface area contributed by atoms with Crippen molar-refractivity contribution in [2.45, 2.75) is 26.2 Å². The number of hydrogen-bond acceptors (Lipinski definition) is 3. The molecule has 4 nitrogen and oxygen atoms in total. The van der Waals surface area contributed by atoms with Crippen LogP contribution >= 0.6 is 0 Å². The number of hydrogen-bond donors (Lipinski definition) is 1. The van der Waals surface area contributed by atoms with E-state index in [1.165, 1.54) is 0 Å². The number of nitrogens with one attached hydrogen (secondary N) is 1. The summed E-state index contributed by atoms with van der Waals surface area (Å²) in [5.41, 5.74) is 0.926. The van der Waals surface area contributed by atoms with Crippen LogP contribution < -0.4 is 10.2 Å². The molecule has 1 atom stereocenters. The molecule has 1 N–H and O–H groups in total. The molecule has 0 aliphatic carbocycles. The van der Waals surface area contributed by atoms with Crippen LogP contribution in [-0.4, -0.2) is 26.0 Å². The maximum absolute atomic E-state index is 12.9. The van der Waals surface area contributed by atoms with Gasteiger partial charge in [-0.05, 0) is 31.5 Å². The van der Waals surface area contributed by atoms with Crippen molar-refractivity contribution >= 4 is 11.6 Å². The van der Waals surface area contributed by atoms with Gasteiger partial charge in [-0.1, -0.05) is 25.5 Å². The van der Waals surface area contributed by atoms with E-state index in [1.807, 2.05) is 18.2 Å². The highest BCUT2D eigenvalue weighted by molar-refractivity contribution is 5.98. The van der Waals surface area contributed by atoms with Crippen LogP contribution in [0.1, 0.15) is 31.7 Å². The Hall–Kier alpha value is -1.86. The average molecular weight is 271 g/mol. The molecule has 1 heterocycles. The van der Waals surface area contributed by atoms with Crippen LogP contribution in [0.4, 0.5) is 5.69 Å². The Balaban J connectivity index is 2.30. The van der Waals surface area contributed by atoms with Gasteiger partial charge < -0.3 is 10.2 Å². The van der Waals surface area contributed by atoms with E-state index in [4.69, 9.17) is 0 Å². The van der Waals surface area contributed by atoms with Gasteiger partial charge >= 0.3 is 0 Å². The first kappa shape index (κ1) is 14.5. The van der Waals surface area contributed by atoms with Gasteiger partial charge in [0.05, 0.1) is 16.7 Å². The molecule has 2 rings (SSSR count). The van der Waals surface area contributed by atoms with Crippen molar-refractivity contribution in [2.75, 3.05) is 25.0 Å². The molecule has 1 fully saturated rings. The van der Waals surface area contributed by atoms with Gasteiger partial charge in [-0.25, -0.2) is 0 Å². The second-order valence-corrected chi connectivity index (χ2v) is 5.45. The first-order valence-corrected chi connectivity index (χ1v) is 7.12. The van der Waals surface area contributed by atoms with Gasteiger partial charge in [0.1, 0.15) is 6.07 Å². The fraction of sp³-hybridized carbons (Fsp3) is 0.500. The Bertz CT molecular complexity index is 527. The summed E-state index contributed by atoms with van der Waals surface area (Å²) in [5.74, 6) is 0.118. The number of nitriles is 1. The molecule has 1 unspecified atom stereocenters. The lowest BCUT2D eigenvalue weighted by molar-refractivity contribution is -0.127. The predicted molar refractivity (Wildman–Crippen MR) is 79.4 cm³/mol. The molecule has 1 amide bonds. The molecule has 1 aliphatic rings. The first-order chi connectivity index (χ1) is 9.64. The minimum atomic E-state index is -0.313. The number of benzene rings is 1. The molecule has 0 saturated carbocycles. The van der Waals surface area contributed by atoms with Crippen LogP contribution in [0.3, 0.4) is 0 Å². The smallest absolute Gasteiger partial charge is 0.234 e. The zero-order valence-corrected chi connectivity index (χ0v) is 12.1. The van der Waals surface area contributed by atoms with Crippen LogP contribution in [0.5, 0.6) is 0 Å². The number of anilines is 1. The highest BCUT2D eigenvalue weighted by atomic mass is 16.2. The van der Waals surface area contributed by atoms with Crippen molar-refractivity contribution in [1.82, 2.24) is 5.32 Å². The van der Waals surface area contributed by atoms with Crippen molar-refractivity contribution in [1.29, 1.82) is 5.26 Å². The van der Waals surface area contributed by atoms with Crippen molar-refractivity contribution in [3.8, 4) is 6.07 Å². The Kier molecular flexibility index (Phi) is 4.41. The lowest BCUT2D eigenvalue weighted by Crippen LogP contribution is -2.44. The van der Waals surface area contributed by atoms with E-state index in [0.29, 0.717) is 11.3 Å². The molecule has 1 aromatic rings. The van der Waals surface area contributed by atoms with E-state index in [1.54, 1.807) is 18.0 Å². The molecular formula is C16H21N3O. The molecule has 0 spiro atoms.